The van der Waals surface area contributed by atoms with Gasteiger partial charge in [0.25, 0.3) is 5.91 Å². The molecule has 0 saturated carbocycles. The smallest absolute Gasteiger partial charge is 0.327 e. The molecule has 0 spiro atoms. The molecule has 1 heterocycles. The molecule has 1 aromatic heterocycles. The Labute approximate surface area is 128 Å². The minimum absolute atomic E-state index is 0.0224. The SMILES string of the molecule is CC(C)(C)c1ccc(C(=O)Nc2cnn(CC(=O)O)n2)cc1. The molecule has 0 fully saturated rings. The maximum Gasteiger partial charge on any atom is 0.327 e. The number of hydrogen-bond acceptors (Lipinski definition) is 4. The Morgan fingerprint density at radius 1 is 1.23 bits per heavy atom. The van der Waals surface area contributed by atoms with Crippen molar-refractivity contribution in [2.24, 2.45) is 0 Å². The number of anilines is 1. The van der Waals surface area contributed by atoms with Crippen molar-refractivity contribution in [2.75, 3.05) is 5.32 Å². The number of rotatable bonds is 4. The number of carboxylic acids is 1. The Morgan fingerprint density at radius 2 is 1.86 bits per heavy atom. The summed E-state index contributed by atoms with van der Waals surface area (Å²) in [6.07, 6.45) is 1.31. The second-order valence-corrected chi connectivity index (χ2v) is 5.94. The van der Waals surface area contributed by atoms with Crippen LogP contribution in [0.3, 0.4) is 0 Å². The maximum absolute atomic E-state index is 12.1. The van der Waals surface area contributed by atoms with Crippen molar-refractivity contribution < 1.29 is 14.7 Å². The largest absolute Gasteiger partial charge is 0.480 e. The Hall–Kier alpha value is -2.70. The van der Waals surface area contributed by atoms with Gasteiger partial charge in [-0.25, -0.2) is 0 Å². The number of carbonyl (C=O) groups excluding carboxylic acids is 1. The quantitative estimate of drug-likeness (QED) is 0.899. The second kappa shape index (κ2) is 5.97. The van der Waals surface area contributed by atoms with Crippen LogP contribution in [-0.2, 0) is 16.8 Å². The second-order valence-electron chi connectivity index (χ2n) is 5.94. The van der Waals surface area contributed by atoms with E-state index in [1.54, 1.807) is 12.1 Å². The van der Waals surface area contributed by atoms with Crippen LogP contribution in [0.4, 0.5) is 5.82 Å². The average molecular weight is 302 g/mol. The number of aromatic nitrogens is 3. The molecule has 0 aliphatic rings. The molecule has 2 N–H and O–H groups in total. The van der Waals surface area contributed by atoms with Gasteiger partial charge in [0.2, 0.25) is 0 Å². The third-order valence-corrected chi connectivity index (χ3v) is 3.07. The van der Waals surface area contributed by atoms with E-state index in [1.165, 1.54) is 6.20 Å². The van der Waals surface area contributed by atoms with E-state index >= 15 is 0 Å². The number of benzene rings is 1. The van der Waals surface area contributed by atoms with Gasteiger partial charge in [0.15, 0.2) is 12.4 Å². The maximum atomic E-state index is 12.1. The molecule has 0 radical (unpaired) electrons. The number of hydrogen-bond donors (Lipinski definition) is 2. The van der Waals surface area contributed by atoms with Gasteiger partial charge in [0.1, 0.15) is 0 Å². The molecule has 0 aliphatic carbocycles. The Bertz CT molecular complexity index is 684. The first-order chi connectivity index (χ1) is 10.3. The van der Waals surface area contributed by atoms with Gasteiger partial charge in [-0.15, -0.1) is 5.10 Å². The molecule has 22 heavy (non-hydrogen) atoms. The zero-order valence-corrected chi connectivity index (χ0v) is 12.7. The van der Waals surface area contributed by atoms with Gasteiger partial charge in [-0.2, -0.15) is 9.90 Å². The molecule has 7 heteroatoms. The number of aliphatic carboxylic acids is 1. The predicted octanol–water partition coefficient (Wildman–Crippen LogP) is 1.91. The van der Waals surface area contributed by atoms with Crippen molar-refractivity contribution in [3.63, 3.8) is 0 Å². The monoisotopic (exact) mass is 302 g/mol. The van der Waals surface area contributed by atoms with Crippen molar-refractivity contribution in [1.82, 2.24) is 15.0 Å². The lowest BCUT2D eigenvalue weighted by atomic mass is 9.87. The molecule has 2 rings (SSSR count). The van der Waals surface area contributed by atoms with Crippen LogP contribution in [-0.4, -0.2) is 32.0 Å². The number of amides is 1. The van der Waals surface area contributed by atoms with Gasteiger partial charge >= 0.3 is 5.97 Å². The Kier molecular flexibility index (Phi) is 4.25. The van der Waals surface area contributed by atoms with Gasteiger partial charge in [0, 0.05) is 5.56 Å². The molecule has 1 amide bonds. The highest BCUT2D eigenvalue weighted by Gasteiger charge is 2.15. The Balaban J connectivity index is 2.06. The minimum Gasteiger partial charge on any atom is -0.480 e. The number of carboxylic acid groups (broad SMARTS) is 1. The van der Waals surface area contributed by atoms with Gasteiger partial charge in [-0.05, 0) is 23.1 Å². The summed E-state index contributed by atoms with van der Waals surface area (Å²) in [6.45, 7) is 5.95. The highest BCUT2D eigenvalue weighted by Crippen LogP contribution is 2.22. The van der Waals surface area contributed by atoms with Crippen LogP contribution in [0.15, 0.2) is 30.5 Å². The van der Waals surface area contributed by atoms with Crippen LogP contribution in [0.25, 0.3) is 0 Å². The summed E-state index contributed by atoms with van der Waals surface area (Å²) in [7, 11) is 0. The van der Waals surface area contributed by atoms with Crippen LogP contribution >= 0.6 is 0 Å². The highest BCUT2D eigenvalue weighted by molar-refractivity contribution is 6.03. The molecule has 0 aliphatic heterocycles. The van der Waals surface area contributed by atoms with Gasteiger partial charge in [0.05, 0.1) is 6.20 Å². The highest BCUT2D eigenvalue weighted by atomic mass is 16.4. The molecule has 0 saturated heterocycles. The molecule has 0 atom stereocenters. The van der Waals surface area contributed by atoms with E-state index in [-0.39, 0.29) is 23.7 Å². The molecule has 0 unspecified atom stereocenters. The fraction of sp³-hybridized carbons (Fsp3) is 0.333. The summed E-state index contributed by atoms with van der Waals surface area (Å²) < 4.78 is 0. The van der Waals surface area contributed by atoms with Crippen molar-refractivity contribution in [1.29, 1.82) is 0 Å². The predicted molar refractivity (Wildman–Crippen MR) is 80.8 cm³/mol. The zero-order chi connectivity index (χ0) is 16.3. The summed E-state index contributed by atoms with van der Waals surface area (Å²) in [6, 6.07) is 7.32. The van der Waals surface area contributed by atoms with E-state index in [4.69, 9.17) is 5.11 Å². The van der Waals surface area contributed by atoms with E-state index in [0.717, 1.165) is 10.4 Å². The van der Waals surface area contributed by atoms with Crippen molar-refractivity contribution in [3.8, 4) is 0 Å². The summed E-state index contributed by atoms with van der Waals surface area (Å²) >= 11 is 0. The fourth-order valence-electron chi connectivity index (χ4n) is 1.86. The van der Waals surface area contributed by atoms with E-state index in [1.807, 2.05) is 12.1 Å². The van der Waals surface area contributed by atoms with Gasteiger partial charge in [-0.1, -0.05) is 32.9 Å². The minimum atomic E-state index is -1.05. The lowest BCUT2D eigenvalue weighted by Crippen LogP contribution is -2.15. The standard InChI is InChI=1S/C15H18N4O3/c1-15(2,3)11-6-4-10(5-7-11)14(22)17-12-8-16-19(18-12)9-13(20)21/h4-8H,9H2,1-3H3,(H,20,21)(H,17,18,22). The van der Waals surface area contributed by atoms with Gasteiger partial charge < -0.3 is 10.4 Å². The van der Waals surface area contributed by atoms with E-state index in [9.17, 15) is 9.59 Å². The third-order valence-electron chi connectivity index (χ3n) is 3.07. The van der Waals surface area contributed by atoms with Crippen LogP contribution in [0.5, 0.6) is 0 Å². The lowest BCUT2D eigenvalue weighted by molar-refractivity contribution is -0.138. The zero-order valence-electron chi connectivity index (χ0n) is 12.7. The number of nitrogens with zero attached hydrogens (tertiary/aromatic N) is 3. The van der Waals surface area contributed by atoms with Crippen LogP contribution in [0, 0.1) is 0 Å². The third kappa shape index (κ3) is 3.91. The van der Waals surface area contributed by atoms with E-state index < -0.39 is 5.97 Å². The molecule has 2 aromatic rings. The fourth-order valence-corrected chi connectivity index (χ4v) is 1.86. The molecule has 1 aromatic carbocycles. The van der Waals surface area contributed by atoms with Crippen LogP contribution < -0.4 is 5.32 Å². The lowest BCUT2D eigenvalue weighted by Gasteiger charge is -2.18. The first kappa shape index (κ1) is 15.7. The summed E-state index contributed by atoms with van der Waals surface area (Å²) in [5.74, 6) is -1.15. The van der Waals surface area contributed by atoms with Crippen LogP contribution in [0.2, 0.25) is 0 Å². The van der Waals surface area contributed by atoms with E-state index in [2.05, 4.69) is 36.3 Å². The summed E-state index contributed by atoms with van der Waals surface area (Å²) in [5, 5.41) is 18.8. The number of nitrogens with one attached hydrogen (secondary N) is 1. The first-order valence-electron chi connectivity index (χ1n) is 6.79. The van der Waals surface area contributed by atoms with E-state index in [0.29, 0.717) is 5.56 Å². The molecule has 116 valence electrons. The molecule has 0 bridgehead atoms. The van der Waals surface area contributed by atoms with Crippen molar-refractivity contribution >= 4 is 17.7 Å². The van der Waals surface area contributed by atoms with Crippen LogP contribution in [0.1, 0.15) is 36.7 Å². The summed E-state index contributed by atoms with van der Waals surface area (Å²) in [5.41, 5.74) is 1.66. The average Bonchev–Trinajstić information content (AvgIpc) is 2.84. The topological polar surface area (TPSA) is 97.1 Å². The molecular formula is C15H18N4O3. The summed E-state index contributed by atoms with van der Waals surface area (Å²) in [4.78, 5) is 23.6. The molecule has 7 nitrogen and oxygen atoms in total. The normalized spacial score (nSPS) is 11.2. The molecular weight excluding hydrogens is 284 g/mol. The van der Waals surface area contributed by atoms with Gasteiger partial charge in [-0.3, -0.25) is 9.59 Å². The van der Waals surface area contributed by atoms with Crippen molar-refractivity contribution in [2.45, 2.75) is 32.7 Å². The number of carbonyl (C=O) groups is 2. The first-order valence-corrected chi connectivity index (χ1v) is 6.79. The Morgan fingerprint density at radius 3 is 2.41 bits per heavy atom. The van der Waals surface area contributed by atoms with Crippen molar-refractivity contribution in [3.05, 3.63) is 41.6 Å².